The van der Waals surface area contributed by atoms with E-state index in [1.165, 1.54) is 0 Å². The van der Waals surface area contributed by atoms with Gasteiger partial charge in [0, 0.05) is 43.7 Å². The van der Waals surface area contributed by atoms with Gasteiger partial charge < -0.3 is 15.0 Å². The van der Waals surface area contributed by atoms with E-state index < -0.39 is 0 Å². The smallest absolute Gasteiger partial charge is 0.254 e. The highest BCUT2D eigenvalue weighted by molar-refractivity contribution is 7.09. The summed E-state index contributed by atoms with van der Waals surface area (Å²) in [6.45, 7) is 7.90. The lowest BCUT2D eigenvalue weighted by Crippen LogP contribution is -2.51. The predicted octanol–water partition coefficient (Wildman–Crippen LogP) is 1.92. The van der Waals surface area contributed by atoms with Gasteiger partial charge in [-0.25, -0.2) is 4.98 Å². The molecule has 0 spiro atoms. The van der Waals surface area contributed by atoms with Gasteiger partial charge in [-0.2, -0.15) is 0 Å². The van der Waals surface area contributed by atoms with Crippen molar-refractivity contribution < 1.29 is 14.3 Å². The van der Waals surface area contributed by atoms with Gasteiger partial charge in [0.1, 0.15) is 12.4 Å². The first-order valence-corrected chi connectivity index (χ1v) is 10.4. The Morgan fingerprint density at radius 3 is 2.71 bits per heavy atom. The van der Waals surface area contributed by atoms with Crippen LogP contribution in [0.3, 0.4) is 0 Å². The Hall–Kier alpha value is -2.45. The van der Waals surface area contributed by atoms with Crippen molar-refractivity contribution in [3.8, 4) is 5.75 Å². The average Bonchev–Trinajstić information content (AvgIpc) is 3.12. The molecule has 1 aromatic carbocycles. The van der Waals surface area contributed by atoms with Crippen molar-refractivity contribution in [3.63, 3.8) is 0 Å². The summed E-state index contributed by atoms with van der Waals surface area (Å²) in [5, 5.41) is 5.79. The van der Waals surface area contributed by atoms with Crippen molar-refractivity contribution >= 4 is 23.2 Å². The van der Waals surface area contributed by atoms with Gasteiger partial charge in [-0.15, -0.1) is 11.3 Å². The van der Waals surface area contributed by atoms with E-state index in [4.69, 9.17) is 4.74 Å². The number of benzene rings is 1. The Morgan fingerprint density at radius 1 is 1.25 bits per heavy atom. The molecule has 0 atom stereocenters. The second-order valence-corrected chi connectivity index (χ2v) is 7.76. The molecule has 1 aromatic heterocycles. The van der Waals surface area contributed by atoms with Gasteiger partial charge in [0.2, 0.25) is 5.91 Å². The van der Waals surface area contributed by atoms with Crippen LogP contribution in [0.1, 0.15) is 28.0 Å². The van der Waals surface area contributed by atoms with Crippen LogP contribution in [-0.2, 0) is 11.4 Å². The summed E-state index contributed by atoms with van der Waals surface area (Å²) in [5.74, 6) is 0.682. The van der Waals surface area contributed by atoms with Crippen LogP contribution in [0, 0.1) is 6.92 Å². The van der Waals surface area contributed by atoms with E-state index in [9.17, 15) is 9.59 Å². The monoisotopic (exact) mass is 402 g/mol. The van der Waals surface area contributed by atoms with Gasteiger partial charge in [0.15, 0.2) is 0 Å². The number of carbonyl (C=O) groups is 2. The average molecular weight is 403 g/mol. The molecule has 1 N–H and O–H groups in total. The second kappa shape index (κ2) is 9.66. The molecule has 1 aliphatic heterocycles. The van der Waals surface area contributed by atoms with Crippen LogP contribution in [0.25, 0.3) is 0 Å². The Labute approximate surface area is 169 Å². The third-order valence-corrected chi connectivity index (χ3v) is 5.36. The maximum atomic E-state index is 12.8. The van der Waals surface area contributed by atoms with Crippen LogP contribution in [0.4, 0.5) is 0 Å². The topological polar surface area (TPSA) is 74.8 Å². The van der Waals surface area contributed by atoms with Crippen molar-refractivity contribution in [1.82, 2.24) is 20.1 Å². The molecular weight excluding hydrogens is 376 g/mol. The van der Waals surface area contributed by atoms with E-state index in [0.717, 1.165) is 10.7 Å². The van der Waals surface area contributed by atoms with Crippen molar-refractivity contribution in [3.05, 3.63) is 45.9 Å². The van der Waals surface area contributed by atoms with Crippen LogP contribution in [0.5, 0.6) is 5.75 Å². The van der Waals surface area contributed by atoms with Gasteiger partial charge >= 0.3 is 0 Å². The third kappa shape index (κ3) is 5.53. The number of aryl methyl sites for hydroxylation is 1. The first kappa shape index (κ1) is 20.3. The quantitative estimate of drug-likeness (QED) is 0.766. The summed E-state index contributed by atoms with van der Waals surface area (Å²) in [7, 11) is 0. The maximum Gasteiger partial charge on any atom is 0.254 e. The number of nitrogens with one attached hydrogen (secondary N) is 1. The number of amides is 2. The molecule has 2 amide bonds. The van der Waals surface area contributed by atoms with Gasteiger partial charge in [-0.05, 0) is 32.0 Å². The summed E-state index contributed by atoms with van der Waals surface area (Å²) in [4.78, 5) is 32.8. The third-order valence-electron chi connectivity index (χ3n) is 4.53. The number of piperazine rings is 1. The van der Waals surface area contributed by atoms with Crippen LogP contribution in [0.15, 0.2) is 29.6 Å². The molecule has 0 radical (unpaired) electrons. The normalized spacial score (nSPS) is 14.7. The fourth-order valence-electron chi connectivity index (χ4n) is 3.10. The number of rotatable bonds is 7. The maximum absolute atomic E-state index is 12.8. The largest absolute Gasteiger partial charge is 0.487 e. The molecule has 7 nitrogen and oxygen atoms in total. The zero-order valence-corrected chi connectivity index (χ0v) is 17.1. The number of aromatic nitrogens is 1. The van der Waals surface area contributed by atoms with Crippen LogP contribution < -0.4 is 10.1 Å². The predicted molar refractivity (Wildman–Crippen MR) is 109 cm³/mol. The Kier molecular flexibility index (Phi) is 7.00. The Morgan fingerprint density at radius 2 is 2.04 bits per heavy atom. The molecule has 2 aromatic rings. The van der Waals surface area contributed by atoms with Crippen LogP contribution in [0.2, 0.25) is 0 Å². The Balaban J connectivity index is 1.52. The first-order chi connectivity index (χ1) is 13.5. The van der Waals surface area contributed by atoms with Crippen molar-refractivity contribution in [2.75, 3.05) is 39.3 Å². The fraction of sp³-hybridized carbons (Fsp3) is 0.450. The van der Waals surface area contributed by atoms with Gasteiger partial charge in [-0.1, -0.05) is 6.07 Å². The summed E-state index contributed by atoms with van der Waals surface area (Å²) >= 11 is 1.59. The minimum absolute atomic E-state index is 0.00684. The molecule has 1 saturated heterocycles. The highest BCUT2D eigenvalue weighted by atomic mass is 32.1. The minimum Gasteiger partial charge on any atom is -0.487 e. The standard InChI is InChI=1S/C20H26N4O3S/c1-3-21-19(25)12-23-7-9-24(10-8-23)20(26)16-5-4-6-18(11-16)27-13-17-14-28-15(2)22-17/h4-6,11,14H,3,7-10,12-13H2,1-2H3,(H,21,25). The zero-order chi connectivity index (χ0) is 19.9. The number of hydrogen-bond acceptors (Lipinski definition) is 6. The molecule has 3 rings (SSSR count). The van der Waals surface area contributed by atoms with E-state index in [-0.39, 0.29) is 11.8 Å². The molecule has 28 heavy (non-hydrogen) atoms. The fourth-order valence-corrected chi connectivity index (χ4v) is 3.70. The number of ether oxygens (including phenoxy) is 1. The first-order valence-electron chi connectivity index (χ1n) is 9.47. The number of carbonyl (C=O) groups excluding carboxylic acids is 2. The molecule has 1 fully saturated rings. The minimum atomic E-state index is -0.00684. The van der Waals surface area contributed by atoms with Gasteiger partial charge in [0.25, 0.3) is 5.91 Å². The number of thiazole rings is 1. The number of nitrogens with zero attached hydrogens (tertiary/aromatic N) is 3. The van der Waals surface area contributed by atoms with Crippen molar-refractivity contribution in [2.45, 2.75) is 20.5 Å². The molecule has 150 valence electrons. The van der Waals surface area contributed by atoms with Gasteiger partial charge in [0.05, 0.1) is 17.2 Å². The van der Waals surface area contributed by atoms with Gasteiger partial charge in [-0.3, -0.25) is 14.5 Å². The molecular formula is C20H26N4O3S. The zero-order valence-electron chi connectivity index (χ0n) is 16.3. The highest BCUT2D eigenvalue weighted by Crippen LogP contribution is 2.18. The van der Waals surface area contributed by atoms with E-state index >= 15 is 0 Å². The lowest BCUT2D eigenvalue weighted by Gasteiger charge is -2.34. The number of hydrogen-bond donors (Lipinski definition) is 1. The molecule has 2 heterocycles. The molecule has 0 aliphatic carbocycles. The second-order valence-electron chi connectivity index (χ2n) is 6.70. The SMILES string of the molecule is CCNC(=O)CN1CCN(C(=O)c2cccc(OCc3csc(C)n3)c2)CC1. The van der Waals surface area contributed by atoms with Crippen molar-refractivity contribution in [2.24, 2.45) is 0 Å². The molecule has 0 bridgehead atoms. The molecule has 1 aliphatic rings. The van der Waals surface area contributed by atoms with E-state index in [1.807, 2.05) is 42.3 Å². The lowest BCUT2D eigenvalue weighted by atomic mass is 10.1. The molecule has 0 saturated carbocycles. The lowest BCUT2D eigenvalue weighted by molar-refractivity contribution is -0.122. The van der Waals surface area contributed by atoms with Crippen LogP contribution in [-0.4, -0.2) is 65.9 Å². The van der Waals surface area contributed by atoms with E-state index in [2.05, 4.69) is 15.2 Å². The van der Waals surface area contributed by atoms with Crippen molar-refractivity contribution in [1.29, 1.82) is 0 Å². The van der Waals surface area contributed by atoms with Crippen LogP contribution >= 0.6 is 11.3 Å². The van der Waals surface area contributed by atoms with E-state index in [1.54, 1.807) is 17.4 Å². The number of likely N-dealkylation sites (N-methyl/N-ethyl adjacent to an activating group) is 1. The van der Waals surface area contributed by atoms with E-state index in [0.29, 0.717) is 57.2 Å². The molecule has 8 heteroatoms. The Bertz CT molecular complexity index is 815. The summed E-state index contributed by atoms with van der Waals surface area (Å²) in [5.41, 5.74) is 1.51. The summed E-state index contributed by atoms with van der Waals surface area (Å²) < 4.78 is 5.79. The molecule has 0 unspecified atom stereocenters. The summed E-state index contributed by atoms with van der Waals surface area (Å²) in [6.07, 6.45) is 0. The summed E-state index contributed by atoms with van der Waals surface area (Å²) in [6, 6.07) is 7.27. The highest BCUT2D eigenvalue weighted by Gasteiger charge is 2.23.